The summed E-state index contributed by atoms with van der Waals surface area (Å²) in [5.41, 5.74) is 0. The van der Waals surface area contributed by atoms with Crippen LogP contribution in [-0.2, 0) is 4.74 Å². The minimum absolute atomic E-state index is 0.688. The summed E-state index contributed by atoms with van der Waals surface area (Å²) >= 11 is 1.70. The van der Waals surface area contributed by atoms with Crippen molar-refractivity contribution in [3.8, 4) is 0 Å². The molecule has 5 nitrogen and oxygen atoms in total. The standard InChI is InChI=1S/C15H22N4OS/c1-3-16-15-18-13(12-8-10(2)21-14(12)19-15)17-6-7-20-9-11-4-5-11/h8,11H,3-7,9H2,1-2H3,(H2,16,17,18,19). The lowest BCUT2D eigenvalue weighted by Crippen LogP contribution is -2.13. The average molecular weight is 306 g/mol. The predicted octanol–water partition coefficient (Wildman–Crippen LogP) is 3.27. The summed E-state index contributed by atoms with van der Waals surface area (Å²) in [6.45, 7) is 7.37. The molecule has 1 aliphatic rings. The molecule has 0 aliphatic heterocycles. The van der Waals surface area contributed by atoms with Gasteiger partial charge in [0, 0.05) is 24.6 Å². The van der Waals surface area contributed by atoms with Crippen molar-refractivity contribution in [2.24, 2.45) is 5.92 Å². The molecule has 0 atom stereocenters. The molecule has 1 saturated carbocycles. The van der Waals surface area contributed by atoms with Crippen LogP contribution in [0.4, 0.5) is 11.8 Å². The Balaban J connectivity index is 1.65. The summed E-state index contributed by atoms with van der Waals surface area (Å²) in [6, 6.07) is 2.14. The fourth-order valence-corrected chi connectivity index (χ4v) is 3.07. The molecule has 0 amide bonds. The van der Waals surface area contributed by atoms with Crippen LogP contribution in [0.5, 0.6) is 0 Å². The van der Waals surface area contributed by atoms with E-state index in [2.05, 4.69) is 33.6 Å². The Bertz CT molecular complexity index is 609. The average Bonchev–Trinajstić information content (AvgIpc) is 3.19. The third-order valence-corrected chi connectivity index (χ3v) is 4.38. The molecule has 2 N–H and O–H groups in total. The number of thiophene rings is 1. The van der Waals surface area contributed by atoms with Gasteiger partial charge in [0.05, 0.1) is 12.0 Å². The Labute approximate surface area is 129 Å². The Hall–Kier alpha value is -1.40. The maximum Gasteiger partial charge on any atom is 0.226 e. The zero-order chi connectivity index (χ0) is 14.7. The molecule has 2 aromatic heterocycles. The van der Waals surface area contributed by atoms with Crippen LogP contribution < -0.4 is 10.6 Å². The van der Waals surface area contributed by atoms with Crippen LogP contribution in [0.3, 0.4) is 0 Å². The van der Waals surface area contributed by atoms with Gasteiger partial charge in [0.1, 0.15) is 10.6 Å². The van der Waals surface area contributed by atoms with E-state index in [1.165, 1.54) is 17.7 Å². The van der Waals surface area contributed by atoms with Crippen LogP contribution in [0.1, 0.15) is 24.6 Å². The van der Waals surface area contributed by atoms with E-state index < -0.39 is 0 Å². The number of anilines is 2. The molecule has 1 fully saturated rings. The van der Waals surface area contributed by atoms with Crippen LogP contribution in [0.25, 0.3) is 10.2 Å². The number of ether oxygens (including phenoxy) is 1. The zero-order valence-corrected chi connectivity index (χ0v) is 13.4. The van der Waals surface area contributed by atoms with E-state index in [9.17, 15) is 0 Å². The molecule has 6 heteroatoms. The molecule has 0 saturated heterocycles. The molecule has 114 valence electrons. The number of aromatic nitrogens is 2. The van der Waals surface area contributed by atoms with Gasteiger partial charge in [-0.1, -0.05) is 0 Å². The maximum atomic E-state index is 5.66. The molecular weight excluding hydrogens is 284 g/mol. The normalized spacial score (nSPS) is 14.6. The highest BCUT2D eigenvalue weighted by atomic mass is 32.1. The molecule has 0 bridgehead atoms. The van der Waals surface area contributed by atoms with Crippen LogP contribution >= 0.6 is 11.3 Å². The largest absolute Gasteiger partial charge is 0.379 e. The van der Waals surface area contributed by atoms with Crippen LogP contribution in [-0.4, -0.2) is 36.3 Å². The van der Waals surface area contributed by atoms with Crippen molar-refractivity contribution < 1.29 is 4.74 Å². The van der Waals surface area contributed by atoms with Crippen LogP contribution in [0, 0.1) is 12.8 Å². The van der Waals surface area contributed by atoms with Gasteiger partial charge in [-0.05, 0) is 38.7 Å². The molecule has 0 unspecified atom stereocenters. The Kier molecular flexibility index (Phi) is 4.55. The van der Waals surface area contributed by atoms with Gasteiger partial charge in [-0.2, -0.15) is 4.98 Å². The van der Waals surface area contributed by atoms with Crippen molar-refractivity contribution >= 4 is 33.3 Å². The maximum absolute atomic E-state index is 5.66. The molecule has 0 aromatic carbocycles. The smallest absolute Gasteiger partial charge is 0.226 e. The quantitative estimate of drug-likeness (QED) is 0.733. The SMILES string of the molecule is CCNc1nc(NCCOCC2CC2)c2cc(C)sc2n1. The van der Waals surface area contributed by atoms with Gasteiger partial charge >= 0.3 is 0 Å². The minimum atomic E-state index is 0.688. The number of nitrogens with zero attached hydrogens (tertiary/aromatic N) is 2. The number of rotatable bonds is 8. The Morgan fingerprint density at radius 1 is 1.33 bits per heavy atom. The van der Waals surface area contributed by atoms with Crippen molar-refractivity contribution in [2.45, 2.75) is 26.7 Å². The number of hydrogen-bond acceptors (Lipinski definition) is 6. The van der Waals surface area contributed by atoms with Crippen molar-refractivity contribution in [2.75, 3.05) is 36.9 Å². The van der Waals surface area contributed by atoms with Gasteiger partial charge in [-0.25, -0.2) is 4.98 Å². The third kappa shape index (κ3) is 3.83. The van der Waals surface area contributed by atoms with E-state index in [4.69, 9.17) is 4.74 Å². The fraction of sp³-hybridized carbons (Fsp3) is 0.600. The first kappa shape index (κ1) is 14.5. The van der Waals surface area contributed by atoms with E-state index in [0.29, 0.717) is 5.95 Å². The highest BCUT2D eigenvalue weighted by molar-refractivity contribution is 7.18. The Morgan fingerprint density at radius 3 is 2.95 bits per heavy atom. The summed E-state index contributed by atoms with van der Waals surface area (Å²) < 4.78 is 5.66. The highest BCUT2D eigenvalue weighted by Crippen LogP contribution is 2.30. The number of hydrogen-bond donors (Lipinski definition) is 2. The molecular formula is C15H22N4OS. The van der Waals surface area contributed by atoms with E-state index >= 15 is 0 Å². The summed E-state index contributed by atoms with van der Waals surface area (Å²) in [5, 5.41) is 7.67. The lowest BCUT2D eigenvalue weighted by atomic mass is 10.3. The summed E-state index contributed by atoms with van der Waals surface area (Å²) in [6.07, 6.45) is 2.67. The molecule has 2 heterocycles. The fourth-order valence-electron chi connectivity index (χ4n) is 2.19. The van der Waals surface area contributed by atoms with Crippen LogP contribution in [0.15, 0.2) is 6.07 Å². The molecule has 3 rings (SSSR count). The minimum Gasteiger partial charge on any atom is -0.379 e. The van der Waals surface area contributed by atoms with Gasteiger partial charge in [-0.3, -0.25) is 0 Å². The number of nitrogens with one attached hydrogen (secondary N) is 2. The van der Waals surface area contributed by atoms with E-state index in [1.54, 1.807) is 11.3 Å². The third-order valence-electron chi connectivity index (χ3n) is 3.44. The topological polar surface area (TPSA) is 59.1 Å². The number of fused-ring (bicyclic) bond motifs is 1. The second-order valence-electron chi connectivity index (χ2n) is 5.45. The second-order valence-corrected chi connectivity index (χ2v) is 6.68. The van der Waals surface area contributed by atoms with E-state index in [0.717, 1.165) is 48.3 Å². The number of aryl methyl sites for hydroxylation is 1. The molecule has 0 radical (unpaired) electrons. The van der Waals surface area contributed by atoms with E-state index in [1.807, 2.05) is 6.92 Å². The van der Waals surface area contributed by atoms with E-state index in [-0.39, 0.29) is 0 Å². The zero-order valence-electron chi connectivity index (χ0n) is 12.6. The van der Waals surface area contributed by atoms with Gasteiger partial charge in [0.2, 0.25) is 5.95 Å². The van der Waals surface area contributed by atoms with Gasteiger partial charge < -0.3 is 15.4 Å². The molecule has 1 aliphatic carbocycles. The first-order chi connectivity index (χ1) is 10.3. The first-order valence-corrected chi connectivity index (χ1v) is 8.41. The molecule has 21 heavy (non-hydrogen) atoms. The lowest BCUT2D eigenvalue weighted by Gasteiger charge is -2.09. The van der Waals surface area contributed by atoms with Gasteiger partial charge in [0.25, 0.3) is 0 Å². The monoisotopic (exact) mass is 306 g/mol. The van der Waals surface area contributed by atoms with Crippen molar-refractivity contribution in [1.82, 2.24) is 9.97 Å². The Morgan fingerprint density at radius 2 is 2.19 bits per heavy atom. The van der Waals surface area contributed by atoms with Crippen molar-refractivity contribution in [3.05, 3.63) is 10.9 Å². The van der Waals surface area contributed by atoms with Crippen molar-refractivity contribution in [1.29, 1.82) is 0 Å². The molecule has 2 aromatic rings. The molecule has 0 spiro atoms. The predicted molar refractivity (Wildman–Crippen MR) is 88.3 cm³/mol. The summed E-state index contributed by atoms with van der Waals surface area (Å²) in [4.78, 5) is 11.4. The van der Waals surface area contributed by atoms with Gasteiger partial charge in [0.15, 0.2) is 0 Å². The van der Waals surface area contributed by atoms with Crippen LogP contribution in [0.2, 0.25) is 0 Å². The van der Waals surface area contributed by atoms with Crippen molar-refractivity contribution in [3.63, 3.8) is 0 Å². The first-order valence-electron chi connectivity index (χ1n) is 7.60. The van der Waals surface area contributed by atoms with Gasteiger partial charge in [-0.15, -0.1) is 11.3 Å². The lowest BCUT2D eigenvalue weighted by molar-refractivity contribution is 0.134. The second kappa shape index (κ2) is 6.58. The summed E-state index contributed by atoms with van der Waals surface area (Å²) in [5.74, 6) is 2.40. The highest BCUT2D eigenvalue weighted by Gasteiger charge is 2.20. The summed E-state index contributed by atoms with van der Waals surface area (Å²) in [7, 11) is 0.